The zero-order valence-corrected chi connectivity index (χ0v) is 9.01. The van der Waals surface area contributed by atoms with Crippen LogP contribution in [0.2, 0.25) is 0 Å². The number of carbonyl (C=O) groups is 1. The average Bonchev–Trinajstić information content (AvgIpc) is 2.31. The summed E-state index contributed by atoms with van der Waals surface area (Å²) in [4.78, 5) is 11.4. The summed E-state index contributed by atoms with van der Waals surface area (Å²) in [6.45, 7) is 2.02. The van der Waals surface area contributed by atoms with Crippen LogP contribution < -0.4 is 0 Å². The van der Waals surface area contributed by atoms with Crippen LogP contribution >= 0.6 is 22.6 Å². The van der Waals surface area contributed by atoms with Crippen LogP contribution in [0, 0.1) is 10.5 Å². The number of halogens is 1. The molecule has 1 aromatic carbocycles. The molecule has 0 aromatic heterocycles. The molecule has 0 heterocycles. The predicted molar refractivity (Wildman–Crippen MR) is 56.5 cm³/mol. The van der Waals surface area contributed by atoms with Crippen molar-refractivity contribution in [2.75, 3.05) is 0 Å². The quantitative estimate of drug-likeness (QED) is 0.664. The van der Waals surface area contributed by atoms with Gasteiger partial charge in [0, 0.05) is 15.6 Å². The molecule has 12 heavy (non-hydrogen) atoms. The lowest BCUT2D eigenvalue weighted by Gasteiger charge is -2.02. The highest BCUT2D eigenvalue weighted by Crippen LogP contribution is 2.26. The van der Waals surface area contributed by atoms with E-state index in [1.54, 1.807) is 0 Å². The molecule has 0 radical (unpaired) electrons. The number of carbonyl (C=O) groups excluding carboxylic acids is 1. The van der Waals surface area contributed by atoms with Crippen molar-refractivity contribution < 1.29 is 4.79 Å². The maximum absolute atomic E-state index is 11.4. The van der Waals surface area contributed by atoms with E-state index in [2.05, 4.69) is 34.7 Å². The third-order valence-electron chi connectivity index (χ3n) is 2.28. The monoisotopic (exact) mass is 272 g/mol. The number of rotatable bonds is 0. The van der Waals surface area contributed by atoms with Gasteiger partial charge in [0.25, 0.3) is 0 Å². The normalized spacial score (nSPS) is 15.0. The second kappa shape index (κ2) is 2.83. The molecule has 0 aliphatic heterocycles. The zero-order valence-electron chi connectivity index (χ0n) is 6.86. The lowest BCUT2D eigenvalue weighted by atomic mass is 10.0. The highest BCUT2D eigenvalue weighted by Gasteiger charge is 2.21. The number of ketones is 1. The Hall–Kier alpha value is -0.380. The molecule has 2 rings (SSSR count). The van der Waals surface area contributed by atoms with E-state index in [0.717, 1.165) is 17.5 Å². The van der Waals surface area contributed by atoms with Crippen LogP contribution in [0.4, 0.5) is 0 Å². The van der Waals surface area contributed by atoms with Gasteiger partial charge in [0.15, 0.2) is 5.78 Å². The number of hydrogen-bond acceptors (Lipinski definition) is 1. The van der Waals surface area contributed by atoms with Gasteiger partial charge < -0.3 is 0 Å². The standard InChI is InChI=1S/C10H9IO/c1-6-4-8(11)5-7-2-3-9(12)10(6)7/h4-5H,2-3H2,1H3. The largest absolute Gasteiger partial charge is 0.294 e. The summed E-state index contributed by atoms with van der Waals surface area (Å²) < 4.78 is 1.23. The van der Waals surface area contributed by atoms with Gasteiger partial charge in [-0.15, -0.1) is 0 Å². The molecule has 2 heteroatoms. The van der Waals surface area contributed by atoms with Gasteiger partial charge in [-0.05, 0) is 59.2 Å². The molecule has 1 aliphatic rings. The van der Waals surface area contributed by atoms with E-state index in [1.165, 1.54) is 9.13 Å². The minimum atomic E-state index is 0.318. The highest BCUT2D eigenvalue weighted by molar-refractivity contribution is 14.1. The van der Waals surface area contributed by atoms with E-state index in [9.17, 15) is 4.79 Å². The van der Waals surface area contributed by atoms with Crippen LogP contribution in [0.3, 0.4) is 0 Å². The number of hydrogen-bond donors (Lipinski definition) is 0. The first-order valence-electron chi connectivity index (χ1n) is 4.00. The molecule has 0 unspecified atom stereocenters. The molecule has 0 amide bonds. The Kier molecular flexibility index (Phi) is 1.94. The van der Waals surface area contributed by atoms with Crippen LogP contribution in [0.25, 0.3) is 0 Å². The van der Waals surface area contributed by atoms with E-state index in [0.29, 0.717) is 12.2 Å². The number of benzene rings is 1. The zero-order chi connectivity index (χ0) is 8.72. The van der Waals surface area contributed by atoms with Crippen molar-refractivity contribution >= 4 is 28.4 Å². The van der Waals surface area contributed by atoms with Crippen LogP contribution in [0.15, 0.2) is 12.1 Å². The summed E-state index contributed by atoms with van der Waals surface area (Å²) in [5.41, 5.74) is 3.36. The second-order valence-corrected chi connectivity index (χ2v) is 4.43. The molecule has 0 atom stereocenters. The Bertz CT molecular complexity index is 355. The van der Waals surface area contributed by atoms with Gasteiger partial charge in [-0.2, -0.15) is 0 Å². The fourth-order valence-electron chi connectivity index (χ4n) is 1.78. The molecule has 0 fully saturated rings. The minimum Gasteiger partial charge on any atom is -0.294 e. The SMILES string of the molecule is Cc1cc(I)cc2c1C(=O)CC2. The van der Waals surface area contributed by atoms with Crippen molar-refractivity contribution in [2.24, 2.45) is 0 Å². The molecule has 0 bridgehead atoms. The summed E-state index contributed by atoms with van der Waals surface area (Å²) >= 11 is 2.29. The molecule has 1 nitrogen and oxygen atoms in total. The summed E-state index contributed by atoms with van der Waals surface area (Å²) in [7, 11) is 0. The molecule has 0 N–H and O–H groups in total. The van der Waals surface area contributed by atoms with E-state index in [1.807, 2.05) is 6.92 Å². The number of fused-ring (bicyclic) bond motifs is 1. The Morgan fingerprint density at radius 1 is 1.33 bits per heavy atom. The third-order valence-corrected chi connectivity index (χ3v) is 2.91. The van der Waals surface area contributed by atoms with Crippen molar-refractivity contribution in [3.05, 3.63) is 32.4 Å². The smallest absolute Gasteiger partial charge is 0.163 e. The van der Waals surface area contributed by atoms with Crippen LogP contribution in [0.5, 0.6) is 0 Å². The molecule has 0 saturated heterocycles. The van der Waals surface area contributed by atoms with E-state index in [4.69, 9.17) is 0 Å². The molecule has 0 spiro atoms. The molecule has 1 aromatic rings. The Balaban J connectivity index is 2.68. The van der Waals surface area contributed by atoms with Crippen molar-refractivity contribution in [3.63, 3.8) is 0 Å². The molecule has 62 valence electrons. The molecular formula is C10H9IO. The second-order valence-electron chi connectivity index (χ2n) is 3.18. The topological polar surface area (TPSA) is 17.1 Å². The van der Waals surface area contributed by atoms with Gasteiger partial charge in [0.05, 0.1) is 0 Å². The van der Waals surface area contributed by atoms with E-state index in [-0.39, 0.29) is 0 Å². The Labute approximate surface area is 85.3 Å². The highest BCUT2D eigenvalue weighted by atomic mass is 127. The maximum Gasteiger partial charge on any atom is 0.163 e. The van der Waals surface area contributed by atoms with Gasteiger partial charge in [-0.25, -0.2) is 0 Å². The van der Waals surface area contributed by atoms with Gasteiger partial charge in [0.2, 0.25) is 0 Å². The Morgan fingerprint density at radius 3 is 2.83 bits per heavy atom. The van der Waals surface area contributed by atoms with Gasteiger partial charge in [-0.1, -0.05) is 0 Å². The molecular weight excluding hydrogens is 263 g/mol. The average molecular weight is 272 g/mol. The van der Waals surface area contributed by atoms with Gasteiger partial charge in [-0.3, -0.25) is 4.79 Å². The van der Waals surface area contributed by atoms with Crippen LogP contribution in [-0.2, 0) is 6.42 Å². The molecule has 0 saturated carbocycles. The van der Waals surface area contributed by atoms with Gasteiger partial charge >= 0.3 is 0 Å². The summed E-state index contributed by atoms with van der Waals surface area (Å²) in [5.74, 6) is 0.318. The van der Waals surface area contributed by atoms with E-state index < -0.39 is 0 Å². The fourth-order valence-corrected chi connectivity index (χ4v) is 2.62. The van der Waals surface area contributed by atoms with Gasteiger partial charge in [0.1, 0.15) is 0 Å². The van der Waals surface area contributed by atoms with Crippen molar-refractivity contribution in [2.45, 2.75) is 19.8 Å². The predicted octanol–water partition coefficient (Wildman–Crippen LogP) is 2.73. The van der Waals surface area contributed by atoms with Crippen LogP contribution in [0.1, 0.15) is 27.9 Å². The summed E-state index contributed by atoms with van der Waals surface area (Å²) in [5, 5.41) is 0. The maximum atomic E-state index is 11.4. The number of Topliss-reactive ketones (excluding diaryl/α,β-unsaturated/α-hetero) is 1. The Morgan fingerprint density at radius 2 is 2.08 bits per heavy atom. The summed E-state index contributed by atoms with van der Waals surface area (Å²) in [6.07, 6.45) is 1.64. The summed E-state index contributed by atoms with van der Waals surface area (Å²) in [6, 6.07) is 4.19. The minimum absolute atomic E-state index is 0.318. The first kappa shape index (κ1) is 8.23. The lowest BCUT2D eigenvalue weighted by Crippen LogP contribution is -1.95. The van der Waals surface area contributed by atoms with Crippen molar-refractivity contribution in [1.82, 2.24) is 0 Å². The fraction of sp³-hybridized carbons (Fsp3) is 0.300. The van der Waals surface area contributed by atoms with Crippen LogP contribution in [-0.4, -0.2) is 5.78 Å². The third kappa shape index (κ3) is 1.18. The first-order chi connectivity index (χ1) is 5.68. The van der Waals surface area contributed by atoms with E-state index >= 15 is 0 Å². The van der Waals surface area contributed by atoms with Crippen molar-refractivity contribution in [1.29, 1.82) is 0 Å². The lowest BCUT2D eigenvalue weighted by molar-refractivity contribution is 0.0994. The molecule has 1 aliphatic carbocycles. The van der Waals surface area contributed by atoms with Crippen molar-refractivity contribution in [3.8, 4) is 0 Å². The first-order valence-corrected chi connectivity index (χ1v) is 5.08. The number of aryl methyl sites for hydroxylation is 2.